The molecule has 4 N–H and O–H groups in total. The van der Waals surface area contributed by atoms with Crippen molar-refractivity contribution < 1.29 is 19.9 Å². The molecule has 0 bridgehead atoms. The van der Waals surface area contributed by atoms with Gasteiger partial charge in [-0.2, -0.15) is 0 Å². The van der Waals surface area contributed by atoms with Crippen molar-refractivity contribution in [3.63, 3.8) is 0 Å². The zero-order valence-electron chi connectivity index (χ0n) is 12.7. The van der Waals surface area contributed by atoms with Gasteiger partial charge >= 0.3 is 5.97 Å². The van der Waals surface area contributed by atoms with Crippen LogP contribution in [-0.2, 0) is 4.79 Å². The second-order valence-electron chi connectivity index (χ2n) is 5.96. The molecule has 126 valence electrons. The van der Waals surface area contributed by atoms with E-state index in [0.717, 1.165) is 32.0 Å². The van der Waals surface area contributed by atoms with Gasteiger partial charge in [0, 0.05) is 19.5 Å². The van der Waals surface area contributed by atoms with E-state index in [1.165, 1.54) is 12.1 Å². The van der Waals surface area contributed by atoms with Crippen molar-refractivity contribution in [1.82, 2.24) is 5.32 Å². The molecule has 1 heterocycles. The molecule has 1 saturated heterocycles. The monoisotopic (exact) mass is 323 g/mol. The van der Waals surface area contributed by atoms with Crippen molar-refractivity contribution in [2.45, 2.75) is 25.7 Å². The first-order valence-electron chi connectivity index (χ1n) is 7.56. The first kappa shape index (κ1) is 17.0. The highest BCUT2D eigenvalue weighted by atomic mass is 16.6. The van der Waals surface area contributed by atoms with Crippen molar-refractivity contribution in [2.75, 3.05) is 25.0 Å². The zero-order valence-corrected chi connectivity index (χ0v) is 12.7. The van der Waals surface area contributed by atoms with Gasteiger partial charge in [-0.3, -0.25) is 14.9 Å². The molecule has 0 saturated carbocycles. The van der Waals surface area contributed by atoms with Crippen molar-refractivity contribution in [3.05, 3.63) is 28.3 Å². The molecule has 1 fully saturated rings. The Kier molecular flexibility index (Phi) is 5.38. The van der Waals surface area contributed by atoms with Crippen LogP contribution in [0.2, 0.25) is 0 Å². The van der Waals surface area contributed by atoms with Crippen molar-refractivity contribution in [2.24, 2.45) is 5.41 Å². The molecule has 8 heteroatoms. The van der Waals surface area contributed by atoms with Crippen LogP contribution in [0.15, 0.2) is 18.2 Å². The van der Waals surface area contributed by atoms with Gasteiger partial charge in [0.15, 0.2) is 0 Å². The van der Waals surface area contributed by atoms with Gasteiger partial charge in [-0.05, 0) is 43.4 Å². The van der Waals surface area contributed by atoms with E-state index < -0.39 is 10.9 Å². The summed E-state index contributed by atoms with van der Waals surface area (Å²) in [6.07, 6.45) is 2.35. The molecule has 1 aliphatic rings. The van der Waals surface area contributed by atoms with Gasteiger partial charge in [0.05, 0.1) is 11.0 Å². The lowest BCUT2D eigenvalue weighted by Gasteiger charge is -2.28. The van der Waals surface area contributed by atoms with Crippen LogP contribution in [0.3, 0.4) is 0 Å². The standard InChI is InChI=1S/C15H21N3O5/c19-11-1-2-12(13(9-11)18(22)23)17-8-6-15(4-3-14(20)21)5-7-16-10-15/h1-2,9,16-17,19H,3-8,10H2,(H,20,21). The summed E-state index contributed by atoms with van der Waals surface area (Å²) in [4.78, 5) is 21.3. The van der Waals surface area contributed by atoms with Crippen LogP contribution in [0.25, 0.3) is 0 Å². The number of phenolic OH excluding ortho intramolecular Hbond substituents is 1. The number of phenols is 1. The van der Waals surface area contributed by atoms with Crippen LogP contribution in [0.4, 0.5) is 11.4 Å². The van der Waals surface area contributed by atoms with E-state index in [1.54, 1.807) is 0 Å². The third-order valence-corrected chi connectivity index (χ3v) is 4.35. The number of aromatic hydroxyl groups is 1. The first-order chi connectivity index (χ1) is 10.9. The van der Waals surface area contributed by atoms with Gasteiger partial charge in [0.1, 0.15) is 11.4 Å². The molecule has 1 aromatic carbocycles. The Morgan fingerprint density at radius 3 is 2.83 bits per heavy atom. The maximum absolute atomic E-state index is 11.0. The summed E-state index contributed by atoms with van der Waals surface area (Å²) in [5.41, 5.74) is 0.0955. The Morgan fingerprint density at radius 1 is 1.43 bits per heavy atom. The molecule has 2 rings (SSSR count). The molecular weight excluding hydrogens is 302 g/mol. The van der Waals surface area contributed by atoms with E-state index in [0.29, 0.717) is 18.7 Å². The summed E-state index contributed by atoms with van der Waals surface area (Å²) < 4.78 is 0. The predicted octanol–water partition coefficient (Wildman–Crippen LogP) is 1.95. The number of nitro groups is 1. The summed E-state index contributed by atoms with van der Waals surface area (Å²) in [5.74, 6) is -0.960. The largest absolute Gasteiger partial charge is 0.508 e. The average Bonchev–Trinajstić information content (AvgIpc) is 2.96. The van der Waals surface area contributed by atoms with E-state index in [2.05, 4.69) is 10.6 Å². The SMILES string of the molecule is O=C(O)CCC1(CCNc2ccc(O)cc2[N+](=O)[O-])CCNC1. The highest BCUT2D eigenvalue weighted by Crippen LogP contribution is 2.35. The van der Waals surface area contributed by atoms with Crippen LogP contribution in [-0.4, -0.2) is 40.7 Å². The Labute approximate surface area is 133 Å². The van der Waals surface area contributed by atoms with Crippen LogP contribution in [0, 0.1) is 15.5 Å². The second-order valence-corrected chi connectivity index (χ2v) is 5.96. The van der Waals surface area contributed by atoms with Gasteiger partial charge in [-0.1, -0.05) is 0 Å². The van der Waals surface area contributed by atoms with Gasteiger partial charge < -0.3 is 20.8 Å². The molecule has 1 aromatic rings. The number of rotatable bonds is 8. The fraction of sp³-hybridized carbons (Fsp3) is 0.533. The molecule has 8 nitrogen and oxygen atoms in total. The third kappa shape index (κ3) is 4.56. The molecule has 0 radical (unpaired) electrons. The van der Waals surface area contributed by atoms with Crippen LogP contribution < -0.4 is 10.6 Å². The van der Waals surface area contributed by atoms with E-state index in [4.69, 9.17) is 5.11 Å². The average molecular weight is 323 g/mol. The van der Waals surface area contributed by atoms with E-state index in [-0.39, 0.29) is 23.3 Å². The quantitative estimate of drug-likeness (QED) is 0.327. The number of hydrogen-bond acceptors (Lipinski definition) is 6. The third-order valence-electron chi connectivity index (χ3n) is 4.35. The summed E-state index contributed by atoms with van der Waals surface area (Å²) in [6.45, 7) is 2.13. The molecule has 1 aliphatic heterocycles. The minimum atomic E-state index is -0.807. The second kappa shape index (κ2) is 7.28. The Morgan fingerprint density at radius 2 is 2.22 bits per heavy atom. The van der Waals surface area contributed by atoms with Crippen LogP contribution >= 0.6 is 0 Å². The summed E-state index contributed by atoms with van der Waals surface area (Å²) >= 11 is 0. The van der Waals surface area contributed by atoms with Crippen LogP contribution in [0.1, 0.15) is 25.7 Å². The Balaban J connectivity index is 1.97. The number of nitrogens with one attached hydrogen (secondary N) is 2. The topological polar surface area (TPSA) is 125 Å². The van der Waals surface area contributed by atoms with Crippen LogP contribution in [0.5, 0.6) is 5.75 Å². The normalized spacial score (nSPS) is 20.3. The Bertz CT molecular complexity index is 584. The number of carbonyl (C=O) groups is 1. The first-order valence-corrected chi connectivity index (χ1v) is 7.56. The number of hydrogen-bond donors (Lipinski definition) is 4. The minimum Gasteiger partial charge on any atom is -0.508 e. The Hall–Kier alpha value is -2.35. The molecule has 0 amide bonds. The lowest BCUT2D eigenvalue weighted by molar-refractivity contribution is -0.384. The lowest BCUT2D eigenvalue weighted by Crippen LogP contribution is -2.27. The highest BCUT2D eigenvalue weighted by molar-refractivity contribution is 5.66. The molecular formula is C15H21N3O5. The van der Waals surface area contributed by atoms with Gasteiger partial charge in [-0.25, -0.2) is 0 Å². The number of nitrogens with zero attached hydrogens (tertiary/aromatic N) is 1. The smallest absolute Gasteiger partial charge is 0.303 e. The number of benzene rings is 1. The number of carboxylic acids is 1. The van der Waals surface area contributed by atoms with E-state index in [1.807, 2.05) is 0 Å². The summed E-state index contributed by atoms with van der Waals surface area (Å²) in [7, 11) is 0. The zero-order chi connectivity index (χ0) is 16.9. The molecule has 1 atom stereocenters. The lowest BCUT2D eigenvalue weighted by atomic mass is 9.79. The minimum absolute atomic E-state index is 0.0862. The molecule has 0 spiro atoms. The van der Waals surface area contributed by atoms with Crippen molar-refractivity contribution in [3.8, 4) is 5.75 Å². The predicted molar refractivity (Wildman–Crippen MR) is 84.7 cm³/mol. The summed E-state index contributed by atoms with van der Waals surface area (Å²) in [5, 5.41) is 35.5. The highest BCUT2D eigenvalue weighted by Gasteiger charge is 2.33. The molecule has 23 heavy (non-hydrogen) atoms. The van der Waals surface area contributed by atoms with E-state index >= 15 is 0 Å². The number of nitro benzene ring substituents is 1. The number of aliphatic carboxylic acids is 1. The summed E-state index contributed by atoms with van der Waals surface area (Å²) in [6, 6.07) is 3.98. The number of anilines is 1. The van der Waals surface area contributed by atoms with Crippen molar-refractivity contribution >= 4 is 17.3 Å². The van der Waals surface area contributed by atoms with Gasteiger partial charge in [0.2, 0.25) is 0 Å². The fourth-order valence-electron chi connectivity index (χ4n) is 3.00. The maximum Gasteiger partial charge on any atom is 0.303 e. The van der Waals surface area contributed by atoms with E-state index in [9.17, 15) is 20.0 Å². The van der Waals surface area contributed by atoms with Crippen molar-refractivity contribution in [1.29, 1.82) is 0 Å². The molecule has 1 unspecified atom stereocenters. The van der Waals surface area contributed by atoms with Gasteiger partial charge in [0.25, 0.3) is 5.69 Å². The molecule has 0 aliphatic carbocycles. The fourth-order valence-corrected chi connectivity index (χ4v) is 3.00. The van der Waals surface area contributed by atoms with Gasteiger partial charge in [-0.15, -0.1) is 0 Å². The maximum atomic E-state index is 11.0. The molecule has 0 aromatic heterocycles. The number of carboxylic acid groups (broad SMARTS) is 1.